The number of nitrogens with zero attached hydrogens (tertiary/aromatic N) is 6. The van der Waals surface area contributed by atoms with E-state index in [2.05, 4.69) is 37.5 Å². The summed E-state index contributed by atoms with van der Waals surface area (Å²) < 4.78 is 10.7. The predicted molar refractivity (Wildman–Crippen MR) is 187 cm³/mol. The molecule has 3 aromatic heterocycles. The third-order valence-electron chi connectivity index (χ3n) is 11.8. The second-order valence-corrected chi connectivity index (χ2v) is 14.8. The lowest BCUT2D eigenvalue weighted by atomic mass is 9.96. The SMILES string of the molecule is COc1cc(C(=O)N2C[C@H]3CC[C@@H]2[C@@H]3N)cc2nc(-c3cc4cccnc4n3CC3CC3)n(CC3CN(c4cccc5c4CNC5=O)C3)c12. The molecule has 10 rings (SSSR count). The summed E-state index contributed by atoms with van der Waals surface area (Å²) in [6, 6.07) is 16.3. The minimum atomic E-state index is 0.00370. The summed E-state index contributed by atoms with van der Waals surface area (Å²) in [5, 5.41) is 4.07. The number of fused-ring (bicyclic) bond motifs is 5. The molecule has 4 fully saturated rings. The Morgan fingerprint density at radius 1 is 1.00 bits per heavy atom. The van der Waals surface area contributed by atoms with Crippen molar-refractivity contribution in [3.63, 3.8) is 0 Å². The van der Waals surface area contributed by atoms with Gasteiger partial charge in [-0.1, -0.05) is 6.07 Å². The molecule has 2 saturated carbocycles. The van der Waals surface area contributed by atoms with E-state index in [-0.39, 0.29) is 23.9 Å². The van der Waals surface area contributed by atoms with Crippen molar-refractivity contribution in [1.29, 1.82) is 0 Å². The number of carbonyl (C=O) groups excluding carboxylic acids is 2. The molecule has 49 heavy (non-hydrogen) atoms. The summed E-state index contributed by atoms with van der Waals surface area (Å²) in [6.45, 7) is 4.67. The number of aromatic nitrogens is 4. The maximum Gasteiger partial charge on any atom is 0.254 e. The van der Waals surface area contributed by atoms with E-state index in [4.69, 9.17) is 20.4 Å². The molecule has 2 saturated heterocycles. The van der Waals surface area contributed by atoms with E-state index in [1.807, 2.05) is 41.4 Å². The van der Waals surface area contributed by atoms with Crippen LogP contribution in [0.15, 0.2) is 54.7 Å². The van der Waals surface area contributed by atoms with Crippen molar-refractivity contribution in [2.45, 2.75) is 57.4 Å². The second-order valence-electron chi connectivity index (χ2n) is 14.8. The van der Waals surface area contributed by atoms with Crippen molar-refractivity contribution in [2.24, 2.45) is 23.5 Å². The van der Waals surface area contributed by atoms with Crippen LogP contribution in [-0.2, 0) is 19.6 Å². The van der Waals surface area contributed by atoms with Crippen LogP contribution >= 0.6 is 0 Å². The van der Waals surface area contributed by atoms with Gasteiger partial charge in [-0.05, 0) is 80.0 Å². The fourth-order valence-corrected chi connectivity index (χ4v) is 9.02. The molecule has 0 spiro atoms. The number of nitrogens with one attached hydrogen (secondary N) is 1. The van der Waals surface area contributed by atoms with Crippen LogP contribution in [0.4, 0.5) is 5.69 Å². The molecule has 5 aliphatic rings. The van der Waals surface area contributed by atoms with Gasteiger partial charge in [-0.15, -0.1) is 0 Å². The fourth-order valence-electron chi connectivity index (χ4n) is 9.02. The average Bonchev–Trinajstić information content (AvgIpc) is 3.34. The number of piperidine rings is 1. The average molecular weight is 657 g/mol. The normalized spacial score (nSPS) is 23.1. The van der Waals surface area contributed by atoms with Gasteiger partial charge in [0.1, 0.15) is 16.9 Å². The molecular formula is C38H40N8O3. The molecule has 2 aliphatic carbocycles. The van der Waals surface area contributed by atoms with Crippen molar-refractivity contribution in [3.8, 4) is 17.3 Å². The molecule has 11 heteroatoms. The van der Waals surface area contributed by atoms with Gasteiger partial charge < -0.3 is 34.7 Å². The molecule has 250 valence electrons. The van der Waals surface area contributed by atoms with Gasteiger partial charge in [-0.25, -0.2) is 9.97 Å². The zero-order valence-corrected chi connectivity index (χ0v) is 27.6. The molecule has 3 N–H and O–H groups in total. The maximum absolute atomic E-state index is 14.0. The van der Waals surface area contributed by atoms with Gasteiger partial charge in [0.25, 0.3) is 11.8 Å². The molecule has 3 aliphatic heterocycles. The minimum absolute atomic E-state index is 0.00370. The van der Waals surface area contributed by atoms with Crippen LogP contribution in [0, 0.1) is 17.8 Å². The highest BCUT2D eigenvalue weighted by molar-refractivity contribution is 6.01. The number of hydrogen-bond donors (Lipinski definition) is 2. The maximum atomic E-state index is 14.0. The quantitative estimate of drug-likeness (QED) is 0.254. The topological polar surface area (TPSA) is 124 Å². The highest BCUT2D eigenvalue weighted by Crippen LogP contribution is 2.41. The Bertz CT molecular complexity index is 2180. The van der Waals surface area contributed by atoms with E-state index in [0.717, 1.165) is 89.4 Å². The highest BCUT2D eigenvalue weighted by atomic mass is 16.5. The van der Waals surface area contributed by atoms with Gasteiger partial charge in [0.05, 0.1) is 18.3 Å². The number of imidazole rings is 1. The number of pyridine rings is 1. The van der Waals surface area contributed by atoms with Crippen LogP contribution in [0.5, 0.6) is 5.75 Å². The lowest BCUT2D eigenvalue weighted by Gasteiger charge is -2.42. The number of methoxy groups -OCH3 is 1. The van der Waals surface area contributed by atoms with Crippen molar-refractivity contribution < 1.29 is 14.3 Å². The molecule has 3 atom stereocenters. The Morgan fingerprint density at radius 2 is 1.86 bits per heavy atom. The third-order valence-corrected chi connectivity index (χ3v) is 11.8. The van der Waals surface area contributed by atoms with Crippen LogP contribution in [0.25, 0.3) is 33.6 Å². The van der Waals surface area contributed by atoms with Gasteiger partial charge in [0.2, 0.25) is 0 Å². The summed E-state index contributed by atoms with van der Waals surface area (Å²) in [6.07, 6.45) is 6.38. The number of benzene rings is 2. The first-order valence-corrected chi connectivity index (χ1v) is 17.7. The zero-order valence-electron chi connectivity index (χ0n) is 27.6. The number of likely N-dealkylation sites (tertiary alicyclic amines) is 1. The first-order chi connectivity index (χ1) is 23.9. The van der Waals surface area contributed by atoms with Crippen molar-refractivity contribution in [3.05, 3.63) is 71.4 Å². The summed E-state index contributed by atoms with van der Waals surface area (Å²) in [5.74, 6) is 2.90. The van der Waals surface area contributed by atoms with Gasteiger partial charge >= 0.3 is 0 Å². The first kappa shape index (κ1) is 29.1. The lowest BCUT2D eigenvalue weighted by Crippen LogP contribution is -2.49. The van der Waals surface area contributed by atoms with E-state index in [1.54, 1.807) is 7.11 Å². The van der Waals surface area contributed by atoms with Gasteiger partial charge in [0, 0.05) is 91.2 Å². The fraction of sp³-hybridized carbons (Fsp3) is 0.421. The molecule has 0 radical (unpaired) electrons. The Balaban J connectivity index is 1.06. The summed E-state index contributed by atoms with van der Waals surface area (Å²) in [5.41, 5.74) is 13.8. The number of nitrogens with two attached hydrogens (primary N) is 1. The molecular weight excluding hydrogens is 616 g/mol. The number of anilines is 1. The monoisotopic (exact) mass is 656 g/mol. The number of carbonyl (C=O) groups is 2. The summed E-state index contributed by atoms with van der Waals surface area (Å²) in [4.78, 5) is 40.8. The van der Waals surface area contributed by atoms with Crippen LogP contribution in [0.2, 0.25) is 0 Å². The molecule has 0 unspecified atom stereocenters. The summed E-state index contributed by atoms with van der Waals surface area (Å²) >= 11 is 0. The third kappa shape index (κ3) is 4.51. The Morgan fingerprint density at radius 3 is 2.63 bits per heavy atom. The molecule has 2 amide bonds. The number of hydrogen-bond acceptors (Lipinski definition) is 7. The smallest absolute Gasteiger partial charge is 0.254 e. The van der Waals surface area contributed by atoms with E-state index >= 15 is 0 Å². The standard InChI is InChI=1S/C38H40N8O3/c1-49-32-14-25(38(48)45-20-24-9-10-30(45)33(24)39)12-28-34(32)46(19-22-16-43(17-22)29-6-2-5-26-27(29)15-41-37(26)47)36(42-28)31-13-23-4-3-11-40-35(23)44(31)18-21-7-8-21/h2-6,11-14,21-22,24,30,33H,7-10,15-20,39H2,1H3,(H,41,47)/t24-,30-,33-/m1/s1. The molecule has 5 aromatic rings. The predicted octanol–water partition coefficient (Wildman–Crippen LogP) is 4.41. The first-order valence-electron chi connectivity index (χ1n) is 17.7. The molecule has 6 heterocycles. The summed E-state index contributed by atoms with van der Waals surface area (Å²) in [7, 11) is 1.68. The van der Waals surface area contributed by atoms with Crippen molar-refractivity contribution in [1.82, 2.24) is 29.3 Å². The van der Waals surface area contributed by atoms with Crippen LogP contribution in [0.1, 0.15) is 52.0 Å². The van der Waals surface area contributed by atoms with Crippen LogP contribution in [0.3, 0.4) is 0 Å². The number of rotatable bonds is 8. The molecule has 11 nitrogen and oxygen atoms in total. The van der Waals surface area contributed by atoms with E-state index in [9.17, 15) is 9.59 Å². The zero-order chi connectivity index (χ0) is 33.0. The van der Waals surface area contributed by atoms with Crippen LogP contribution < -0.4 is 20.7 Å². The molecule has 2 bridgehead atoms. The molecule has 2 aromatic carbocycles. The Hall–Kier alpha value is -4.90. The minimum Gasteiger partial charge on any atom is -0.494 e. The van der Waals surface area contributed by atoms with E-state index in [0.29, 0.717) is 42.2 Å². The van der Waals surface area contributed by atoms with Gasteiger partial charge in [0.15, 0.2) is 5.82 Å². The highest BCUT2D eigenvalue weighted by Gasteiger charge is 2.47. The number of ether oxygens (including phenoxy) is 1. The largest absolute Gasteiger partial charge is 0.494 e. The van der Waals surface area contributed by atoms with E-state index < -0.39 is 0 Å². The van der Waals surface area contributed by atoms with E-state index in [1.165, 1.54) is 12.8 Å². The Kier molecular flexibility index (Phi) is 6.40. The van der Waals surface area contributed by atoms with Crippen molar-refractivity contribution >= 4 is 39.6 Å². The van der Waals surface area contributed by atoms with Crippen molar-refractivity contribution in [2.75, 3.05) is 31.6 Å². The second kappa shape index (κ2) is 10.8. The Labute approximate surface area is 284 Å². The van der Waals surface area contributed by atoms with Gasteiger partial charge in [-0.2, -0.15) is 0 Å². The van der Waals surface area contributed by atoms with Crippen LogP contribution in [-0.4, -0.2) is 74.6 Å². The van der Waals surface area contributed by atoms with Gasteiger partial charge in [-0.3, -0.25) is 9.59 Å². The number of amides is 2. The lowest BCUT2D eigenvalue weighted by molar-refractivity contribution is 0.0700.